The fourth-order valence-electron chi connectivity index (χ4n) is 2.03. The van der Waals surface area contributed by atoms with Crippen LogP contribution in [0.2, 0.25) is 0 Å². The molecule has 0 fully saturated rings. The highest BCUT2D eigenvalue weighted by Crippen LogP contribution is 2.31. The van der Waals surface area contributed by atoms with Crippen molar-refractivity contribution in [3.63, 3.8) is 0 Å². The molecule has 0 saturated carbocycles. The summed E-state index contributed by atoms with van der Waals surface area (Å²) >= 11 is 0. The van der Waals surface area contributed by atoms with Crippen molar-refractivity contribution >= 4 is 0 Å². The van der Waals surface area contributed by atoms with E-state index >= 15 is 0 Å². The van der Waals surface area contributed by atoms with Crippen LogP contribution in [0.5, 0.6) is 5.75 Å². The van der Waals surface area contributed by atoms with E-state index in [2.05, 4.69) is 0 Å². The summed E-state index contributed by atoms with van der Waals surface area (Å²) in [7, 11) is 1.66. The molecule has 1 rings (SSSR count). The summed E-state index contributed by atoms with van der Waals surface area (Å²) < 4.78 is 5.30. The van der Waals surface area contributed by atoms with Crippen LogP contribution < -0.4 is 10.5 Å². The summed E-state index contributed by atoms with van der Waals surface area (Å²) in [5.41, 5.74) is 10.3. The molecule has 3 nitrogen and oxygen atoms in total. The van der Waals surface area contributed by atoms with Gasteiger partial charge in [0.1, 0.15) is 5.75 Å². The van der Waals surface area contributed by atoms with E-state index in [1.165, 1.54) is 0 Å². The summed E-state index contributed by atoms with van der Waals surface area (Å²) in [6.45, 7) is 7.73. The molecule has 0 radical (unpaired) electrons. The maximum absolute atomic E-state index is 9.58. The zero-order valence-electron chi connectivity index (χ0n) is 10.7. The number of aryl methyl sites for hydroxylation is 1. The Morgan fingerprint density at radius 1 is 1.25 bits per heavy atom. The lowest BCUT2D eigenvalue weighted by Gasteiger charge is -2.22. The highest BCUT2D eigenvalue weighted by atomic mass is 16.5. The third kappa shape index (κ3) is 2.20. The van der Waals surface area contributed by atoms with Crippen molar-refractivity contribution < 1.29 is 9.84 Å². The van der Waals surface area contributed by atoms with Crippen molar-refractivity contribution in [2.45, 2.75) is 39.8 Å². The molecule has 2 unspecified atom stereocenters. The topological polar surface area (TPSA) is 55.5 Å². The lowest BCUT2D eigenvalue weighted by Crippen LogP contribution is -2.25. The molecule has 90 valence electrons. The predicted molar refractivity (Wildman–Crippen MR) is 65.8 cm³/mol. The van der Waals surface area contributed by atoms with E-state index in [9.17, 15) is 5.11 Å². The molecule has 3 N–H and O–H groups in total. The van der Waals surface area contributed by atoms with Crippen LogP contribution in [0, 0.1) is 20.8 Å². The molecule has 3 heteroatoms. The molecule has 1 aromatic rings. The van der Waals surface area contributed by atoms with Gasteiger partial charge >= 0.3 is 0 Å². The lowest BCUT2D eigenvalue weighted by atomic mass is 9.90. The van der Waals surface area contributed by atoms with Crippen molar-refractivity contribution in [1.82, 2.24) is 0 Å². The zero-order valence-corrected chi connectivity index (χ0v) is 10.7. The quantitative estimate of drug-likeness (QED) is 0.824. The first-order valence-corrected chi connectivity index (χ1v) is 5.48. The Balaban J connectivity index is 3.36. The molecule has 1 aromatic carbocycles. The van der Waals surface area contributed by atoms with Crippen LogP contribution in [0.3, 0.4) is 0 Å². The molecule has 0 aliphatic rings. The minimum absolute atomic E-state index is 0.343. The predicted octanol–water partition coefficient (Wildman–Crippen LogP) is 2.00. The van der Waals surface area contributed by atoms with Gasteiger partial charge in [-0.2, -0.15) is 0 Å². The number of rotatable bonds is 3. The van der Waals surface area contributed by atoms with Gasteiger partial charge in [-0.1, -0.05) is 0 Å². The van der Waals surface area contributed by atoms with Gasteiger partial charge in [0, 0.05) is 0 Å². The summed E-state index contributed by atoms with van der Waals surface area (Å²) in [6.07, 6.45) is -0.551. The molecule has 0 bridgehead atoms. The second-order valence-corrected chi connectivity index (χ2v) is 4.33. The Morgan fingerprint density at radius 2 is 1.81 bits per heavy atom. The SMILES string of the molecule is COc1cc(C)c(C(N)C(C)O)c(C)c1C. The van der Waals surface area contributed by atoms with Crippen molar-refractivity contribution in [2.75, 3.05) is 7.11 Å². The fourth-order valence-corrected chi connectivity index (χ4v) is 2.03. The number of ether oxygens (including phenoxy) is 1. The number of aliphatic hydroxyl groups excluding tert-OH is 1. The largest absolute Gasteiger partial charge is 0.496 e. The van der Waals surface area contributed by atoms with Crippen LogP contribution in [0.4, 0.5) is 0 Å². The molecule has 2 atom stereocenters. The Morgan fingerprint density at radius 3 is 2.25 bits per heavy atom. The fraction of sp³-hybridized carbons (Fsp3) is 0.538. The number of methoxy groups -OCH3 is 1. The van der Waals surface area contributed by atoms with Crippen LogP contribution in [-0.4, -0.2) is 18.3 Å². The Labute approximate surface area is 97.2 Å². The second-order valence-electron chi connectivity index (χ2n) is 4.33. The van der Waals surface area contributed by atoms with Gasteiger partial charge in [-0.15, -0.1) is 0 Å². The third-order valence-electron chi connectivity index (χ3n) is 3.18. The highest BCUT2D eigenvalue weighted by molar-refractivity contribution is 5.49. The van der Waals surface area contributed by atoms with E-state index in [1.54, 1.807) is 14.0 Å². The van der Waals surface area contributed by atoms with Gasteiger partial charge in [-0.05, 0) is 56.0 Å². The van der Waals surface area contributed by atoms with E-state index in [0.29, 0.717) is 0 Å². The molecular weight excluding hydrogens is 202 g/mol. The zero-order chi connectivity index (χ0) is 12.5. The molecule has 0 aliphatic heterocycles. The minimum atomic E-state index is -0.551. The van der Waals surface area contributed by atoms with Crippen molar-refractivity contribution in [3.05, 3.63) is 28.3 Å². The van der Waals surface area contributed by atoms with Gasteiger partial charge in [0.2, 0.25) is 0 Å². The van der Waals surface area contributed by atoms with Crippen LogP contribution in [0.25, 0.3) is 0 Å². The maximum Gasteiger partial charge on any atom is 0.122 e. The monoisotopic (exact) mass is 223 g/mol. The van der Waals surface area contributed by atoms with Gasteiger partial charge in [-0.25, -0.2) is 0 Å². The van der Waals surface area contributed by atoms with Crippen molar-refractivity contribution in [3.8, 4) is 5.75 Å². The van der Waals surface area contributed by atoms with E-state index in [1.807, 2.05) is 26.8 Å². The molecule has 0 aromatic heterocycles. The Bertz CT molecular complexity index is 386. The maximum atomic E-state index is 9.58. The summed E-state index contributed by atoms with van der Waals surface area (Å²) in [5, 5.41) is 9.58. The number of hydrogen-bond donors (Lipinski definition) is 2. The smallest absolute Gasteiger partial charge is 0.122 e. The first kappa shape index (κ1) is 13.0. The van der Waals surface area contributed by atoms with Crippen molar-refractivity contribution in [2.24, 2.45) is 5.73 Å². The molecule has 0 saturated heterocycles. The highest BCUT2D eigenvalue weighted by Gasteiger charge is 2.19. The lowest BCUT2D eigenvalue weighted by molar-refractivity contribution is 0.163. The summed E-state index contributed by atoms with van der Waals surface area (Å²) in [4.78, 5) is 0. The molecule has 0 heterocycles. The van der Waals surface area contributed by atoms with E-state index in [-0.39, 0.29) is 6.04 Å². The number of hydrogen-bond acceptors (Lipinski definition) is 3. The third-order valence-corrected chi connectivity index (χ3v) is 3.18. The summed E-state index contributed by atoms with van der Waals surface area (Å²) in [5.74, 6) is 0.872. The number of nitrogens with two attached hydrogens (primary N) is 1. The molecule has 0 spiro atoms. The standard InChI is InChI=1S/C13H21NO2/c1-7-6-11(16-5)8(2)9(3)12(7)13(14)10(4)15/h6,10,13,15H,14H2,1-5H3. The van der Waals surface area contributed by atoms with E-state index in [4.69, 9.17) is 10.5 Å². The normalized spacial score (nSPS) is 14.7. The van der Waals surface area contributed by atoms with E-state index < -0.39 is 6.10 Å². The summed E-state index contributed by atoms with van der Waals surface area (Å²) in [6, 6.07) is 1.63. The van der Waals surface area contributed by atoms with E-state index in [0.717, 1.165) is 28.0 Å². The van der Waals surface area contributed by atoms with Gasteiger partial charge < -0.3 is 15.6 Å². The van der Waals surface area contributed by atoms with Gasteiger partial charge in [0.15, 0.2) is 0 Å². The van der Waals surface area contributed by atoms with Crippen molar-refractivity contribution in [1.29, 1.82) is 0 Å². The molecule has 0 aliphatic carbocycles. The molecular formula is C13H21NO2. The van der Waals surface area contributed by atoms with Gasteiger partial charge in [0.05, 0.1) is 19.3 Å². The average molecular weight is 223 g/mol. The van der Waals surface area contributed by atoms with Gasteiger partial charge in [-0.3, -0.25) is 0 Å². The number of benzene rings is 1. The second kappa shape index (κ2) is 4.85. The van der Waals surface area contributed by atoms with Crippen LogP contribution in [-0.2, 0) is 0 Å². The van der Waals surface area contributed by atoms with Crippen LogP contribution in [0.15, 0.2) is 6.07 Å². The Kier molecular flexibility index (Phi) is 3.94. The average Bonchev–Trinajstić information content (AvgIpc) is 2.23. The number of aliphatic hydroxyl groups is 1. The Hall–Kier alpha value is -1.06. The first-order valence-electron chi connectivity index (χ1n) is 5.48. The molecule has 0 amide bonds. The van der Waals surface area contributed by atoms with Crippen LogP contribution in [0.1, 0.15) is 35.2 Å². The van der Waals surface area contributed by atoms with Gasteiger partial charge in [0.25, 0.3) is 0 Å². The minimum Gasteiger partial charge on any atom is -0.496 e. The first-order chi connectivity index (χ1) is 7.40. The van der Waals surface area contributed by atoms with Crippen LogP contribution >= 0.6 is 0 Å². The molecule has 16 heavy (non-hydrogen) atoms.